The number of rotatable bonds is 2. The van der Waals surface area contributed by atoms with E-state index in [1.54, 1.807) is 0 Å². The SMILES string of the molecule is CCNc1ccc(C)cc1N.[HH]. The van der Waals surface area contributed by atoms with E-state index in [1.165, 1.54) is 5.56 Å². The van der Waals surface area contributed by atoms with E-state index in [0.29, 0.717) is 0 Å². The van der Waals surface area contributed by atoms with Crippen molar-refractivity contribution in [2.45, 2.75) is 13.8 Å². The minimum atomic E-state index is 0. The third kappa shape index (κ3) is 1.87. The molecule has 2 heteroatoms. The predicted molar refractivity (Wildman–Crippen MR) is 51.9 cm³/mol. The molecule has 0 heterocycles. The summed E-state index contributed by atoms with van der Waals surface area (Å²) in [5, 5.41) is 3.18. The van der Waals surface area contributed by atoms with Gasteiger partial charge in [0.1, 0.15) is 0 Å². The monoisotopic (exact) mass is 152 g/mol. The number of aryl methyl sites for hydroxylation is 1. The topological polar surface area (TPSA) is 38.0 Å². The Morgan fingerprint density at radius 1 is 1.55 bits per heavy atom. The van der Waals surface area contributed by atoms with Crippen LogP contribution < -0.4 is 11.1 Å². The maximum atomic E-state index is 5.74. The smallest absolute Gasteiger partial charge is 0.0574 e. The van der Waals surface area contributed by atoms with Crippen molar-refractivity contribution in [2.75, 3.05) is 17.6 Å². The van der Waals surface area contributed by atoms with Crippen LogP contribution in [-0.4, -0.2) is 6.54 Å². The second-order valence-electron chi connectivity index (χ2n) is 2.62. The summed E-state index contributed by atoms with van der Waals surface area (Å²) in [5.41, 5.74) is 8.80. The highest BCUT2D eigenvalue weighted by Crippen LogP contribution is 2.18. The Balaban J connectivity index is 0.00000121. The van der Waals surface area contributed by atoms with E-state index in [-0.39, 0.29) is 1.43 Å². The van der Waals surface area contributed by atoms with Gasteiger partial charge in [-0.25, -0.2) is 0 Å². The van der Waals surface area contributed by atoms with Gasteiger partial charge < -0.3 is 11.1 Å². The van der Waals surface area contributed by atoms with Crippen molar-refractivity contribution >= 4 is 11.4 Å². The van der Waals surface area contributed by atoms with E-state index in [2.05, 4.69) is 12.2 Å². The van der Waals surface area contributed by atoms with Gasteiger partial charge >= 0.3 is 0 Å². The molecule has 0 aliphatic rings. The van der Waals surface area contributed by atoms with Gasteiger partial charge in [0, 0.05) is 7.97 Å². The van der Waals surface area contributed by atoms with Crippen molar-refractivity contribution in [3.63, 3.8) is 0 Å². The van der Waals surface area contributed by atoms with Crippen LogP contribution in [0, 0.1) is 6.92 Å². The molecule has 0 unspecified atom stereocenters. The fraction of sp³-hybridized carbons (Fsp3) is 0.333. The molecule has 0 saturated heterocycles. The number of nitrogen functional groups attached to an aromatic ring is 1. The first-order valence-electron chi connectivity index (χ1n) is 3.84. The fourth-order valence-corrected chi connectivity index (χ4v) is 1.03. The standard InChI is InChI=1S/C9H14N2.H2/c1-3-11-9-5-4-7(2)6-8(9)10;/h4-6,11H,3,10H2,1-2H3;1H. The summed E-state index contributed by atoms with van der Waals surface area (Å²) in [7, 11) is 0. The number of hydrogen-bond acceptors (Lipinski definition) is 2. The Labute approximate surface area is 68.9 Å². The van der Waals surface area contributed by atoms with Gasteiger partial charge in [0.2, 0.25) is 0 Å². The molecule has 0 spiro atoms. The molecule has 0 bridgehead atoms. The van der Waals surface area contributed by atoms with Gasteiger partial charge in [0.05, 0.1) is 11.4 Å². The first-order chi connectivity index (χ1) is 5.24. The van der Waals surface area contributed by atoms with Gasteiger partial charge in [-0.3, -0.25) is 0 Å². The Bertz CT molecular complexity index is 248. The average molecular weight is 152 g/mol. The van der Waals surface area contributed by atoms with Crippen LogP contribution in [0.25, 0.3) is 0 Å². The maximum absolute atomic E-state index is 5.74. The van der Waals surface area contributed by atoms with Crippen LogP contribution in [0.2, 0.25) is 0 Å². The number of benzene rings is 1. The first kappa shape index (κ1) is 7.92. The molecule has 0 atom stereocenters. The lowest BCUT2D eigenvalue weighted by Gasteiger charge is -2.06. The van der Waals surface area contributed by atoms with E-state index in [9.17, 15) is 0 Å². The van der Waals surface area contributed by atoms with Crippen molar-refractivity contribution in [1.29, 1.82) is 0 Å². The van der Waals surface area contributed by atoms with Gasteiger partial charge in [-0.15, -0.1) is 0 Å². The third-order valence-electron chi connectivity index (χ3n) is 1.57. The molecule has 2 nitrogen and oxygen atoms in total. The van der Waals surface area contributed by atoms with Crippen molar-refractivity contribution in [3.8, 4) is 0 Å². The molecule has 3 N–H and O–H groups in total. The molecule has 1 aromatic carbocycles. The zero-order chi connectivity index (χ0) is 8.27. The molecule has 62 valence electrons. The largest absolute Gasteiger partial charge is 0.397 e. The van der Waals surface area contributed by atoms with Gasteiger partial charge in [-0.2, -0.15) is 0 Å². The molecule has 1 rings (SSSR count). The third-order valence-corrected chi connectivity index (χ3v) is 1.57. The van der Waals surface area contributed by atoms with Crippen molar-refractivity contribution in [1.82, 2.24) is 0 Å². The summed E-state index contributed by atoms with van der Waals surface area (Å²) >= 11 is 0. The number of hydrogen-bond donors (Lipinski definition) is 2. The Kier molecular flexibility index (Phi) is 2.36. The molecule has 0 radical (unpaired) electrons. The minimum Gasteiger partial charge on any atom is -0.397 e. The molecule has 0 aliphatic heterocycles. The summed E-state index contributed by atoms with van der Waals surface area (Å²) in [6.45, 7) is 5.00. The van der Waals surface area contributed by atoms with Crippen LogP contribution in [0.4, 0.5) is 11.4 Å². The predicted octanol–water partition coefficient (Wildman–Crippen LogP) is 2.26. The fourth-order valence-electron chi connectivity index (χ4n) is 1.03. The lowest BCUT2D eigenvalue weighted by atomic mass is 10.2. The van der Waals surface area contributed by atoms with Crippen LogP contribution in [0.3, 0.4) is 0 Å². The number of anilines is 2. The Morgan fingerprint density at radius 3 is 2.82 bits per heavy atom. The lowest BCUT2D eigenvalue weighted by Crippen LogP contribution is -2.00. The molecule has 1 aromatic rings. The second-order valence-corrected chi connectivity index (χ2v) is 2.62. The summed E-state index contributed by atoms with van der Waals surface area (Å²) in [6, 6.07) is 6.03. The quantitative estimate of drug-likeness (QED) is 0.638. The molecular formula is C9H16N2. The van der Waals surface area contributed by atoms with E-state index in [4.69, 9.17) is 5.73 Å². The van der Waals surface area contributed by atoms with E-state index in [1.807, 2.05) is 25.1 Å². The average Bonchev–Trinajstić information content (AvgIpc) is 1.95. The van der Waals surface area contributed by atoms with Gasteiger partial charge in [-0.1, -0.05) is 6.07 Å². The molecule has 0 fully saturated rings. The van der Waals surface area contributed by atoms with Crippen molar-refractivity contribution in [3.05, 3.63) is 23.8 Å². The second kappa shape index (κ2) is 3.28. The molecule has 0 amide bonds. The highest BCUT2D eigenvalue weighted by Gasteiger charge is 1.95. The minimum absolute atomic E-state index is 0. The van der Waals surface area contributed by atoms with E-state index >= 15 is 0 Å². The van der Waals surface area contributed by atoms with Crippen LogP contribution >= 0.6 is 0 Å². The van der Waals surface area contributed by atoms with Gasteiger partial charge in [-0.05, 0) is 31.5 Å². The normalized spacial score (nSPS) is 9.64. The molecule has 0 aliphatic carbocycles. The Morgan fingerprint density at radius 2 is 2.27 bits per heavy atom. The summed E-state index contributed by atoms with van der Waals surface area (Å²) in [6.07, 6.45) is 0. The highest BCUT2D eigenvalue weighted by atomic mass is 14.9. The van der Waals surface area contributed by atoms with Gasteiger partial charge in [0.15, 0.2) is 0 Å². The van der Waals surface area contributed by atoms with Crippen LogP contribution in [0.15, 0.2) is 18.2 Å². The summed E-state index contributed by atoms with van der Waals surface area (Å²) in [5.74, 6) is 0. The van der Waals surface area contributed by atoms with Crippen molar-refractivity contribution < 1.29 is 1.43 Å². The number of nitrogens with one attached hydrogen (secondary N) is 1. The molecular weight excluding hydrogens is 136 g/mol. The van der Waals surface area contributed by atoms with E-state index < -0.39 is 0 Å². The maximum Gasteiger partial charge on any atom is 0.0574 e. The van der Waals surface area contributed by atoms with E-state index in [0.717, 1.165) is 17.9 Å². The van der Waals surface area contributed by atoms with Crippen LogP contribution in [-0.2, 0) is 0 Å². The van der Waals surface area contributed by atoms with Crippen LogP contribution in [0.5, 0.6) is 0 Å². The lowest BCUT2D eigenvalue weighted by molar-refractivity contribution is 1.21. The summed E-state index contributed by atoms with van der Waals surface area (Å²) < 4.78 is 0. The Hall–Kier alpha value is -1.18. The summed E-state index contributed by atoms with van der Waals surface area (Å²) in [4.78, 5) is 0. The van der Waals surface area contributed by atoms with Crippen molar-refractivity contribution in [2.24, 2.45) is 0 Å². The molecule has 11 heavy (non-hydrogen) atoms. The number of nitrogens with two attached hydrogens (primary N) is 1. The zero-order valence-corrected chi connectivity index (χ0v) is 7.02. The highest BCUT2D eigenvalue weighted by molar-refractivity contribution is 5.66. The molecule has 0 aromatic heterocycles. The zero-order valence-electron chi connectivity index (χ0n) is 7.02. The molecule has 0 saturated carbocycles. The first-order valence-corrected chi connectivity index (χ1v) is 3.84. The van der Waals surface area contributed by atoms with Gasteiger partial charge in [0.25, 0.3) is 0 Å². The van der Waals surface area contributed by atoms with Crippen LogP contribution in [0.1, 0.15) is 13.9 Å².